The van der Waals surface area contributed by atoms with Crippen LogP contribution in [0.3, 0.4) is 0 Å². The third-order valence-electron chi connectivity index (χ3n) is 5.95. The molecule has 2 amide bonds. The molecule has 0 radical (unpaired) electrons. The van der Waals surface area contributed by atoms with Gasteiger partial charge in [0, 0.05) is 12.0 Å². The van der Waals surface area contributed by atoms with Crippen LogP contribution in [0.4, 0.5) is 0 Å². The van der Waals surface area contributed by atoms with Gasteiger partial charge in [0.2, 0.25) is 5.91 Å². The maximum absolute atomic E-state index is 13.0. The molecule has 0 aliphatic carbocycles. The minimum Gasteiger partial charge on any atom is -0.368 e. The monoisotopic (exact) mass is 418 g/mol. The second kappa shape index (κ2) is 8.16. The maximum Gasteiger partial charge on any atom is 0.251 e. The Morgan fingerprint density at radius 2 is 1.25 bits per heavy atom. The van der Waals surface area contributed by atoms with Gasteiger partial charge in [-0.15, -0.1) is 0 Å². The van der Waals surface area contributed by atoms with Crippen molar-refractivity contribution in [3.63, 3.8) is 0 Å². The van der Waals surface area contributed by atoms with E-state index in [0.29, 0.717) is 12.0 Å². The Hall–Kier alpha value is -4.18. The zero-order valence-electron chi connectivity index (χ0n) is 17.4. The molecular weight excluding hydrogens is 396 g/mol. The van der Waals surface area contributed by atoms with Gasteiger partial charge >= 0.3 is 0 Å². The van der Waals surface area contributed by atoms with Gasteiger partial charge in [-0.1, -0.05) is 78.9 Å². The first-order valence-electron chi connectivity index (χ1n) is 10.6. The van der Waals surface area contributed by atoms with Crippen molar-refractivity contribution in [2.45, 2.75) is 12.5 Å². The third-order valence-corrected chi connectivity index (χ3v) is 5.95. The lowest BCUT2D eigenvalue weighted by molar-refractivity contribution is -0.119. The smallest absolute Gasteiger partial charge is 0.251 e. The van der Waals surface area contributed by atoms with Crippen LogP contribution in [0, 0.1) is 0 Å². The molecule has 0 saturated heterocycles. The number of primary amides is 1. The Morgan fingerprint density at radius 3 is 1.88 bits per heavy atom. The number of benzene rings is 5. The predicted octanol–water partition coefficient (Wildman–Crippen LogP) is 4.97. The van der Waals surface area contributed by atoms with Crippen LogP contribution in [0.15, 0.2) is 97.1 Å². The van der Waals surface area contributed by atoms with Crippen molar-refractivity contribution in [3.8, 4) is 0 Å². The molecule has 3 N–H and O–H groups in total. The van der Waals surface area contributed by atoms with Gasteiger partial charge in [-0.2, -0.15) is 0 Å². The number of amides is 2. The topological polar surface area (TPSA) is 72.2 Å². The molecular formula is C28H22N2O2. The molecule has 0 bridgehead atoms. The van der Waals surface area contributed by atoms with Crippen molar-refractivity contribution in [2.75, 3.05) is 0 Å². The summed E-state index contributed by atoms with van der Waals surface area (Å²) in [5.41, 5.74) is 7.24. The van der Waals surface area contributed by atoms with Crippen LogP contribution < -0.4 is 11.1 Å². The fraction of sp³-hybridized carbons (Fsp3) is 0.0714. The number of hydrogen-bond donors (Lipinski definition) is 2. The molecule has 0 spiro atoms. The lowest BCUT2D eigenvalue weighted by Crippen LogP contribution is -2.45. The summed E-state index contributed by atoms with van der Waals surface area (Å²) in [6.45, 7) is 0. The van der Waals surface area contributed by atoms with Gasteiger partial charge in [-0.3, -0.25) is 9.59 Å². The normalized spacial score (nSPS) is 12.1. The fourth-order valence-electron chi connectivity index (χ4n) is 4.33. The van der Waals surface area contributed by atoms with Crippen molar-refractivity contribution in [2.24, 2.45) is 5.73 Å². The molecule has 1 atom stereocenters. The van der Waals surface area contributed by atoms with Gasteiger partial charge in [0.05, 0.1) is 0 Å². The second-order valence-electron chi connectivity index (χ2n) is 7.99. The fourth-order valence-corrected chi connectivity index (χ4v) is 4.33. The quantitative estimate of drug-likeness (QED) is 0.396. The van der Waals surface area contributed by atoms with Crippen molar-refractivity contribution in [1.82, 2.24) is 5.32 Å². The van der Waals surface area contributed by atoms with Gasteiger partial charge in [0.15, 0.2) is 0 Å². The molecule has 0 saturated carbocycles. The summed E-state index contributed by atoms with van der Waals surface area (Å²) in [6.07, 6.45) is 0.316. The van der Waals surface area contributed by atoms with E-state index in [9.17, 15) is 9.59 Å². The van der Waals surface area contributed by atoms with Crippen molar-refractivity contribution in [3.05, 3.63) is 108 Å². The van der Waals surface area contributed by atoms with Crippen LogP contribution in [0.1, 0.15) is 15.9 Å². The molecule has 5 rings (SSSR count). The highest BCUT2D eigenvalue weighted by Crippen LogP contribution is 2.29. The SMILES string of the molecule is NC(=O)[C@H](Cc1c2ccccc2cc2ccccc12)NC(=O)c1ccc2ccccc2c1. The average Bonchev–Trinajstić information content (AvgIpc) is 2.82. The molecule has 156 valence electrons. The molecule has 4 heteroatoms. The number of nitrogens with two attached hydrogens (primary N) is 1. The summed E-state index contributed by atoms with van der Waals surface area (Å²) < 4.78 is 0. The molecule has 0 aromatic heterocycles. The van der Waals surface area contributed by atoms with E-state index in [2.05, 4.69) is 23.5 Å². The number of carbonyl (C=O) groups excluding carboxylic acids is 2. The van der Waals surface area contributed by atoms with Gasteiger partial charge in [0.25, 0.3) is 5.91 Å². The summed E-state index contributed by atoms with van der Waals surface area (Å²) in [5, 5.41) is 9.17. The van der Waals surface area contributed by atoms with Crippen LogP contribution in [-0.4, -0.2) is 17.9 Å². The summed E-state index contributed by atoms with van der Waals surface area (Å²) in [7, 11) is 0. The second-order valence-corrected chi connectivity index (χ2v) is 7.99. The number of rotatable bonds is 5. The third kappa shape index (κ3) is 3.67. The number of nitrogens with one attached hydrogen (secondary N) is 1. The molecule has 0 heterocycles. The van der Waals surface area contributed by atoms with E-state index in [4.69, 9.17) is 5.73 Å². The molecule has 5 aromatic rings. The minimum absolute atomic E-state index is 0.316. The van der Waals surface area contributed by atoms with Crippen molar-refractivity contribution >= 4 is 44.1 Å². The van der Waals surface area contributed by atoms with Gasteiger partial charge in [-0.25, -0.2) is 0 Å². The van der Waals surface area contributed by atoms with Crippen LogP contribution in [-0.2, 0) is 11.2 Å². The maximum atomic E-state index is 13.0. The number of hydrogen-bond acceptors (Lipinski definition) is 2. The molecule has 0 aliphatic rings. The Morgan fingerprint density at radius 1 is 0.688 bits per heavy atom. The summed E-state index contributed by atoms with van der Waals surface area (Å²) in [5.74, 6) is -0.875. The van der Waals surface area contributed by atoms with Gasteiger partial charge in [0.1, 0.15) is 6.04 Å². The molecule has 0 fully saturated rings. The zero-order chi connectivity index (χ0) is 22.1. The van der Waals surface area contributed by atoms with E-state index >= 15 is 0 Å². The van der Waals surface area contributed by atoms with Crippen LogP contribution >= 0.6 is 0 Å². The van der Waals surface area contributed by atoms with Crippen LogP contribution in [0.2, 0.25) is 0 Å². The highest BCUT2D eigenvalue weighted by atomic mass is 16.2. The average molecular weight is 418 g/mol. The summed E-state index contributed by atoms with van der Waals surface area (Å²) in [4.78, 5) is 25.4. The lowest BCUT2D eigenvalue weighted by atomic mass is 9.92. The highest BCUT2D eigenvalue weighted by Gasteiger charge is 2.22. The Balaban J connectivity index is 1.51. The first kappa shape index (κ1) is 19.8. The summed E-state index contributed by atoms with van der Waals surface area (Å²) >= 11 is 0. The predicted molar refractivity (Wildman–Crippen MR) is 130 cm³/mol. The van der Waals surface area contributed by atoms with E-state index < -0.39 is 11.9 Å². The van der Waals surface area contributed by atoms with Gasteiger partial charge in [-0.05, 0) is 56.1 Å². The Bertz CT molecular complexity index is 1440. The van der Waals surface area contributed by atoms with E-state index in [1.165, 1.54) is 0 Å². The standard InChI is InChI=1S/C28H22N2O2/c29-27(31)26(30-28(32)22-14-13-18-7-1-2-8-19(18)15-22)17-25-23-11-5-3-9-20(23)16-21-10-4-6-12-24(21)25/h1-16,26H,17H2,(H2,29,31)(H,30,32)/t26-/m0/s1. The number of fused-ring (bicyclic) bond motifs is 3. The van der Waals surface area contributed by atoms with E-state index in [-0.39, 0.29) is 5.91 Å². The zero-order valence-corrected chi connectivity index (χ0v) is 17.4. The summed E-state index contributed by atoms with van der Waals surface area (Å²) in [6, 6.07) is 30.8. The highest BCUT2D eigenvalue weighted by molar-refractivity contribution is 6.04. The lowest BCUT2D eigenvalue weighted by Gasteiger charge is -2.19. The molecule has 4 nitrogen and oxygen atoms in total. The number of carbonyl (C=O) groups is 2. The Labute approximate surface area is 185 Å². The van der Waals surface area contributed by atoms with Gasteiger partial charge < -0.3 is 11.1 Å². The van der Waals surface area contributed by atoms with Crippen molar-refractivity contribution in [1.29, 1.82) is 0 Å². The largest absolute Gasteiger partial charge is 0.368 e. The van der Waals surface area contributed by atoms with E-state index in [1.807, 2.05) is 72.8 Å². The van der Waals surface area contributed by atoms with E-state index in [0.717, 1.165) is 37.9 Å². The van der Waals surface area contributed by atoms with E-state index in [1.54, 1.807) is 6.07 Å². The molecule has 0 unspecified atom stereocenters. The van der Waals surface area contributed by atoms with Crippen LogP contribution in [0.5, 0.6) is 0 Å². The first-order chi connectivity index (χ1) is 15.6. The Kier molecular flexibility index (Phi) is 5.04. The van der Waals surface area contributed by atoms with Crippen LogP contribution in [0.25, 0.3) is 32.3 Å². The molecule has 5 aromatic carbocycles. The minimum atomic E-state index is -0.830. The molecule has 0 aliphatic heterocycles. The molecule has 32 heavy (non-hydrogen) atoms. The first-order valence-corrected chi connectivity index (χ1v) is 10.6. The van der Waals surface area contributed by atoms with Crippen molar-refractivity contribution < 1.29 is 9.59 Å².